The first-order valence-corrected chi connectivity index (χ1v) is 8.79. The molecule has 1 heterocycles. The van der Waals surface area contributed by atoms with Crippen molar-refractivity contribution < 1.29 is 13.2 Å². The van der Waals surface area contributed by atoms with Gasteiger partial charge < -0.3 is 9.88 Å². The minimum atomic E-state index is -3.79. The Labute approximate surface area is 125 Å². The van der Waals surface area contributed by atoms with Crippen LogP contribution in [0, 0.1) is 5.41 Å². The Kier molecular flexibility index (Phi) is 4.43. The minimum absolute atomic E-state index is 0.0405. The van der Waals surface area contributed by atoms with Crippen LogP contribution < -0.4 is 10.5 Å². The fourth-order valence-electron chi connectivity index (χ4n) is 3.05. The summed E-state index contributed by atoms with van der Waals surface area (Å²) in [5.41, 5.74) is 0.507. The van der Waals surface area contributed by atoms with Gasteiger partial charge in [0, 0.05) is 19.8 Å². The summed E-state index contributed by atoms with van der Waals surface area (Å²) in [6.45, 7) is 2.79. The van der Waals surface area contributed by atoms with Crippen molar-refractivity contribution in [1.29, 1.82) is 0 Å². The number of primary sulfonamides is 1. The lowest BCUT2D eigenvalue weighted by atomic mass is 9.83. The van der Waals surface area contributed by atoms with E-state index in [4.69, 9.17) is 5.14 Å². The van der Waals surface area contributed by atoms with E-state index in [-0.39, 0.29) is 16.2 Å². The van der Waals surface area contributed by atoms with Gasteiger partial charge in [-0.1, -0.05) is 19.8 Å². The number of amides is 1. The van der Waals surface area contributed by atoms with Gasteiger partial charge in [0.05, 0.1) is 0 Å². The van der Waals surface area contributed by atoms with E-state index in [1.54, 1.807) is 7.05 Å². The molecule has 1 aromatic heterocycles. The highest BCUT2D eigenvalue weighted by atomic mass is 32.2. The zero-order valence-corrected chi connectivity index (χ0v) is 13.4. The molecule has 0 aliphatic heterocycles. The second kappa shape index (κ2) is 5.81. The number of carbonyl (C=O) groups is 1. The topological polar surface area (TPSA) is 94.2 Å². The van der Waals surface area contributed by atoms with E-state index in [0.29, 0.717) is 12.2 Å². The molecular formula is C14H23N3O3S. The fourth-order valence-corrected chi connectivity index (χ4v) is 3.64. The van der Waals surface area contributed by atoms with Gasteiger partial charge in [0.15, 0.2) is 0 Å². The molecule has 0 saturated heterocycles. The van der Waals surface area contributed by atoms with Crippen molar-refractivity contribution in [2.24, 2.45) is 17.6 Å². The number of nitrogens with one attached hydrogen (secondary N) is 1. The first kappa shape index (κ1) is 16.0. The summed E-state index contributed by atoms with van der Waals surface area (Å²) in [7, 11) is -2.15. The third-order valence-corrected chi connectivity index (χ3v) is 5.46. The van der Waals surface area contributed by atoms with Gasteiger partial charge in [-0.2, -0.15) is 0 Å². The normalized spacial score (nSPS) is 17.9. The number of carbonyl (C=O) groups excluding carboxylic acids is 1. The van der Waals surface area contributed by atoms with E-state index in [2.05, 4.69) is 12.2 Å². The van der Waals surface area contributed by atoms with Crippen LogP contribution in [0.3, 0.4) is 0 Å². The summed E-state index contributed by atoms with van der Waals surface area (Å²) in [5, 5.41) is 8.03. The lowest BCUT2D eigenvalue weighted by molar-refractivity contribution is 0.0920. The van der Waals surface area contributed by atoms with E-state index in [0.717, 1.165) is 19.3 Å². The zero-order chi connectivity index (χ0) is 15.7. The highest BCUT2D eigenvalue weighted by molar-refractivity contribution is 7.89. The number of hydrogen-bond donors (Lipinski definition) is 2. The predicted molar refractivity (Wildman–Crippen MR) is 80.3 cm³/mol. The third kappa shape index (κ3) is 3.47. The van der Waals surface area contributed by atoms with Gasteiger partial charge in [0.1, 0.15) is 10.6 Å². The van der Waals surface area contributed by atoms with E-state index >= 15 is 0 Å². The van der Waals surface area contributed by atoms with Crippen LogP contribution in [-0.4, -0.2) is 25.4 Å². The molecule has 6 nitrogen and oxygen atoms in total. The van der Waals surface area contributed by atoms with Crippen LogP contribution in [0.5, 0.6) is 0 Å². The number of sulfonamides is 1. The van der Waals surface area contributed by atoms with Crippen molar-refractivity contribution in [2.45, 2.75) is 43.9 Å². The second-order valence-corrected chi connectivity index (χ2v) is 7.52. The molecule has 3 N–H and O–H groups in total. The molecule has 0 atom stereocenters. The number of nitrogens with two attached hydrogens (primary N) is 1. The number of rotatable bonds is 5. The molecule has 1 fully saturated rings. The smallest absolute Gasteiger partial charge is 0.267 e. The highest BCUT2D eigenvalue weighted by Gasteiger charge is 2.32. The molecule has 118 valence electrons. The van der Waals surface area contributed by atoms with Gasteiger partial charge >= 0.3 is 0 Å². The van der Waals surface area contributed by atoms with Gasteiger partial charge in [-0.25, -0.2) is 13.6 Å². The molecule has 1 amide bonds. The van der Waals surface area contributed by atoms with E-state index in [1.807, 2.05) is 0 Å². The van der Waals surface area contributed by atoms with Gasteiger partial charge in [-0.05, 0) is 30.7 Å². The number of nitrogens with zero attached hydrogens (tertiary/aromatic N) is 1. The summed E-state index contributed by atoms with van der Waals surface area (Å²) in [5.74, 6) is -0.257. The van der Waals surface area contributed by atoms with Crippen LogP contribution in [0.1, 0.15) is 49.5 Å². The first-order chi connectivity index (χ1) is 9.77. The van der Waals surface area contributed by atoms with Gasteiger partial charge in [-0.3, -0.25) is 4.79 Å². The molecule has 7 heteroatoms. The summed E-state index contributed by atoms with van der Waals surface area (Å²) in [6, 6.07) is 1.32. The average Bonchev–Trinajstić information content (AvgIpc) is 3.02. The SMILES string of the molecule is CCC1(CNC(=O)c2cc(S(N)(=O)=O)cn2C)CCCC1. The Morgan fingerprint density at radius 3 is 2.52 bits per heavy atom. The Balaban J connectivity index is 2.09. The van der Waals surface area contributed by atoms with Crippen molar-refractivity contribution in [3.63, 3.8) is 0 Å². The van der Waals surface area contributed by atoms with Crippen LogP contribution >= 0.6 is 0 Å². The standard InChI is InChI=1S/C14H23N3O3S/c1-3-14(6-4-5-7-14)10-16-13(18)12-8-11(9-17(12)2)21(15,19)20/h8-9H,3-7,10H2,1-2H3,(H,16,18)(H2,15,19,20). The predicted octanol–water partition coefficient (Wildman–Crippen LogP) is 1.37. The lowest BCUT2D eigenvalue weighted by Crippen LogP contribution is -2.36. The van der Waals surface area contributed by atoms with Crippen LogP contribution in [0.15, 0.2) is 17.2 Å². The van der Waals surface area contributed by atoms with Gasteiger partial charge in [-0.15, -0.1) is 0 Å². The van der Waals surface area contributed by atoms with Crippen molar-refractivity contribution in [3.05, 3.63) is 18.0 Å². The lowest BCUT2D eigenvalue weighted by Gasteiger charge is -2.27. The van der Waals surface area contributed by atoms with Crippen molar-refractivity contribution in [2.75, 3.05) is 6.54 Å². The summed E-state index contributed by atoms with van der Waals surface area (Å²) >= 11 is 0. The Morgan fingerprint density at radius 2 is 2.05 bits per heavy atom. The van der Waals surface area contributed by atoms with E-state index in [1.165, 1.54) is 29.7 Å². The third-order valence-electron chi connectivity index (χ3n) is 4.58. The molecule has 1 aliphatic carbocycles. The molecular weight excluding hydrogens is 290 g/mol. The maximum atomic E-state index is 12.3. The summed E-state index contributed by atoms with van der Waals surface area (Å²) < 4.78 is 24.1. The van der Waals surface area contributed by atoms with Crippen molar-refractivity contribution in [1.82, 2.24) is 9.88 Å². The quantitative estimate of drug-likeness (QED) is 0.859. The summed E-state index contributed by atoms with van der Waals surface area (Å²) in [6.07, 6.45) is 7.10. The van der Waals surface area contributed by atoms with Gasteiger partial charge in [0.2, 0.25) is 10.0 Å². The van der Waals surface area contributed by atoms with E-state index < -0.39 is 10.0 Å². The Morgan fingerprint density at radius 1 is 1.43 bits per heavy atom. The molecule has 1 aliphatic rings. The van der Waals surface area contributed by atoms with Crippen LogP contribution in [0.4, 0.5) is 0 Å². The Bertz CT molecular complexity index is 628. The molecule has 1 aromatic rings. The van der Waals surface area contributed by atoms with Crippen molar-refractivity contribution >= 4 is 15.9 Å². The number of hydrogen-bond acceptors (Lipinski definition) is 3. The minimum Gasteiger partial charge on any atom is -0.350 e. The average molecular weight is 313 g/mol. The fraction of sp³-hybridized carbons (Fsp3) is 0.643. The monoisotopic (exact) mass is 313 g/mol. The van der Waals surface area contributed by atoms with Crippen molar-refractivity contribution in [3.8, 4) is 0 Å². The number of aryl methyl sites for hydroxylation is 1. The molecule has 0 radical (unpaired) electrons. The maximum Gasteiger partial charge on any atom is 0.267 e. The second-order valence-electron chi connectivity index (χ2n) is 5.96. The Hall–Kier alpha value is -1.34. The summed E-state index contributed by atoms with van der Waals surface area (Å²) in [4.78, 5) is 12.2. The van der Waals surface area contributed by atoms with Crippen LogP contribution in [0.25, 0.3) is 0 Å². The molecule has 0 bridgehead atoms. The highest BCUT2D eigenvalue weighted by Crippen LogP contribution is 2.40. The molecule has 2 rings (SSSR count). The van der Waals surface area contributed by atoms with Crippen LogP contribution in [0.2, 0.25) is 0 Å². The molecule has 0 unspecified atom stereocenters. The van der Waals surface area contributed by atoms with Gasteiger partial charge in [0.25, 0.3) is 5.91 Å². The molecule has 1 saturated carbocycles. The zero-order valence-electron chi connectivity index (χ0n) is 12.6. The largest absolute Gasteiger partial charge is 0.350 e. The molecule has 0 aromatic carbocycles. The first-order valence-electron chi connectivity index (χ1n) is 7.25. The maximum absolute atomic E-state index is 12.3. The molecule has 21 heavy (non-hydrogen) atoms. The molecule has 0 spiro atoms. The van der Waals surface area contributed by atoms with E-state index in [9.17, 15) is 13.2 Å². The number of aromatic nitrogens is 1. The van der Waals surface area contributed by atoms with Crippen LogP contribution in [-0.2, 0) is 17.1 Å².